The summed E-state index contributed by atoms with van der Waals surface area (Å²) in [4.78, 5) is 2.60. The smallest absolute Gasteiger partial charge is 0.0771 e. The van der Waals surface area contributed by atoms with Gasteiger partial charge in [-0.15, -0.1) is 0 Å². The first-order valence-electron chi connectivity index (χ1n) is 11.2. The highest BCUT2D eigenvalue weighted by Gasteiger charge is 2.82. The fourth-order valence-corrected chi connectivity index (χ4v) is 10.1. The van der Waals surface area contributed by atoms with Crippen LogP contribution in [0.1, 0.15) is 46.0 Å². The monoisotopic (exact) mass is 377 g/mol. The molecule has 0 radical (unpaired) electrons. The molecule has 1 heterocycles. The Labute approximate surface area is 162 Å². The molecule has 0 aromatic heterocycles. The second-order valence-electron chi connectivity index (χ2n) is 11.1. The summed E-state index contributed by atoms with van der Waals surface area (Å²) in [6, 6.07) is 0.253. The van der Waals surface area contributed by atoms with E-state index in [2.05, 4.69) is 18.7 Å². The lowest BCUT2D eigenvalue weighted by atomic mass is 9.43. The van der Waals surface area contributed by atoms with Crippen LogP contribution >= 0.6 is 0 Å². The highest BCUT2D eigenvalue weighted by Crippen LogP contribution is 2.78. The Morgan fingerprint density at radius 3 is 2.67 bits per heavy atom. The molecule has 12 atom stereocenters. The SMILES string of the molecule is CCN1C[C@]2(C)CC[C@H](O)[C@@]34[C@@H]2C[C@@H]([C@@H]13)[C@@]1(O)C[C@H](OC)[C@H]2C[C@H]4[C@@H]1[C@H]2O. The molecule has 0 unspecified atom stereocenters. The molecule has 5 nitrogen and oxygen atoms in total. The third kappa shape index (κ3) is 1.66. The van der Waals surface area contributed by atoms with Crippen LogP contribution in [0, 0.1) is 40.4 Å². The molecule has 5 heteroatoms. The molecule has 6 aliphatic rings. The quantitative estimate of drug-likeness (QED) is 0.676. The number of ether oxygens (including phenoxy) is 1. The van der Waals surface area contributed by atoms with E-state index >= 15 is 0 Å². The number of nitrogens with zero attached hydrogens (tertiary/aromatic N) is 1. The largest absolute Gasteiger partial charge is 0.392 e. The van der Waals surface area contributed by atoms with Crippen molar-refractivity contribution in [3.63, 3.8) is 0 Å². The lowest BCUT2D eigenvalue weighted by Gasteiger charge is -2.68. The van der Waals surface area contributed by atoms with Crippen LogP contribution in [0.3, 0.4) is 0 Å². The molecule has 5 aliphatic carbocycles. The Kier molecular flexibility index (Phi) is 3.33. The third-order valence-electron chi connectivity index (χ3n) is 10.7. The van der Waals surface area contributed by atoms with Gasteiger partial charge >= 0.3 is 0 Å². The molecular weight excluding hydrogens is 342 g/mol. The van der Waals surface area contributed by atoms with Crippen molar-refractivity contribution in [1.82, 2.24) is 4.90 Å². The molecule has 1 saturated heterocycles. The van der Waals surface area contributed by atoms with Gasteiger partial charge in [0.15, 0.2) is 0 Å². The van der Waals surface area contributed by atoms with E-state index in [4.69, 9.17) is 4.74 Å². The summed E-state index contributed by atoms with van der Waals surface area (Å²) in [5.74, 6) is 0.840. The van der Waals surface area contributed by atoms with Crippen LogP contribution in [-0.2, 0) is 4.74 Å². The molecule has 0 aromatic rings. The van der Waals surface area contributed by atoms with Crippen molar-refractivity contribution in [2.75, 3.05) is 20.2 Å². The van der Waals surface area contributed by atoms with Gasteiger partial charge in [0.1, 0.15) is 0 Å². The predicted octanol–water partition coefficient (Wildman–Crippen LogP) is 1.25. The molecule has 1 aliphatic heterocycles. The lowest BCUT2D eigenvalue weighted by molar-refractivity contribution is -0.266. The minimum atomic E-state index is -0.858. The average molecular weight is 378 g/mol. The normalized spacial score (nSPS) is 66.2. The van der Waals surface area contributed by atoms with Gasteiger partial charge in [-0.2, -0.15) is 0 Å². The van der Waals surface area contributed by atoms with Crippen LogP contribution in [0.15, 0.2) is 0 Å². The molecule has 6 fully saturated rings. The Morgan fingerprint density at radius 2 is 1.96 bits per heavy atom. The summed E-state index contributed by atoms with van der Waals surface area (Å²) in [5.41, 5.74) is -0.788. The van der Waals surface area contributed by atoms with E-state index < -0.39 is 11.7 Å². The topological polar surface area (TPSA) is 73.2 Å². The van der Waals surface area contributed by atoms with Crippen molar-refractivity contribution in [2.24, 2.45) is 40.4 Å². The van der Waals surface area contributed by atoms with Crippen molar-refractivity contribution >= 4 is 0 Å². The third-order valence-corrected chi connectivity index (χ3v) is 10.7. The van der Waals surface area contributed by atoms with Gasteiger partial charge in [0.25, 0.3) is 0 Å². The summed E-state index contributed by atoms with van der Waals surface area (Å²) in [7, 11) is 1.73. The first-order valence-corrected chi connectivity index (χ1v) is 11.2. The second kappa shape index (κ2) is 5.10. The van der Waals surface area contributed by atoms with Crippen molar-refractivity contribution in [3.05, 3.63) is 0 Å². The van der Waals surface area contributed by atoms with Crippen LogP contribution in [0.5, 0.6) is 0 Å². The van der Waals surface area contributed by atoms with Gasteiger partial charge < -0.3 is 20.1 Å². The zero-order chi connectivity index (χ0) is 18.9. The summed E-state index contributed by atoms with van der Waals surface area (Å²) < 4.78 is 5.79. The second-order valence-corrected chi connectivity index (χ2v) is 11.1. The van der Waals surface area contributed by atoms with Gasteiger partial charge in [0, 0.05) is 49.3 Å². The van der Waals surface area contributed by atoms with Gasteiger partial charge in [-0.1, -0.05) is 13.8 Å². The number of hydrogen-bond acceptors (Lipinski definition) is 5. The maximum atomic E-state index is 12.1. The minimum absolute atomic E-state index is 0.0657. The van der Waals surface area contributed by atoms with Gasteiger partial charge in [-0.3, -0.25) is 4.90 Å². The lowest BCUT2D eigenvalue weighted by Crippen LogP contribution is -2.75. The number of hydrogen-bond donors (Lipinski definition) is 3. The number of likely N-dealkylation sites (tertiary alicyclic amines) is 1. The molecule has 3 N–H and O–H groups in total. The molecule has 0 aromatic carbocycles. The summed E-state index contributed by atoms with van der Waals surface area (Å²) >= 11 is 0. The van der Waals surface area contributed by atoms with Gasteiger partial charge in [0.2, 0.25) is 0 Å². The van der Waals surface area contributed by atoms with E-state index in [1.807, 2.05) is 0 Å². The number of methoxy groups -OCH3 is 1. The first kappa shape index (κ1) is 17.6. The van der Waals surface area contributed by atoms with Gasteiger partial charge in [-0.05, 0) is 49.5 Å². The van der Waals surface area contributed by atoms with Gasteiger partial charge in [0.05, 0.1) is 23.9 Å². The van der Waals surface area contributed by atoms with E-state index in [0.717, 1.165) is 38.8 Å². The van der Waals surface area contributed by atoms with Crippen molar-refractivity contribution in [2.45, 2.75) is 75.9 Å². The molecule has 152 valence electrons. The summed E-state index contributed by atoms with van der Waals surface area (Å²) in [6.45, 7) is 6.74. The number of piperidine rings is 1. The Bertz CT molecular complexity index is 673. The molecule has 5 saturated carbocycles. The Hall–Kier alpha value is -0.200. The fraction of sp³-hybridized carbons (Fsp3) is 1.00. The number of aliphatic hydroxyl groups is 3. The van der Waals surface area contributed by atoms with E-state index in [9.17, 15) is 15.3 Å². The fourth-order valence-electron chi connectivity index (χ4n) is 10.1. The minimum Gasteiger partial charge on any atom is -0.392 e. The molecular formula is C22H35NO4. The number of fused-ring (bicyclic) bond motifs is 2. The molecule has 27 heavy (non-hydrogen) atoms. The van der Waals surface area contributed by atoms with E-state index in [-0.39, 0.29) is 52.8 Å². The van der Waals surface area contributed by atoms with E-state index in [1.54, 1.807) is 7.11 Å². The highest BCUT2D eigenvalue weighted by molar-refractivity contribution is 5.32. The van der Waals surface area contributed by atoms with Crippen LogP contribution in [0.2, 0.25) is 0 Å². The molecule has 0 amide bonds. The van der Waals surface area contributed by atoms with E-state index in [1.165, 1.54) is 0 Å². The maximum absolute atomic E-state index is 12.1. The summed E-state index contributed by atoms with van der Waals surface area (Å²) in [5, 5.41) is 34.9. The van der Waals surface area contributed by atoms with Crippen LogP contribution < -0.4 is 0 Å². The molecule has 6 rings (SSSR count). The van der Waals surface area contributed by atoms with Crippen molar-refractivity contribution < 1.29 is 20.1 Å². The van der Waals surface area contributed by atoms with Crippen molar-refractivity contribution in [3.8, 4) is 0 Å². The van der Waals surface area contributed by atoms with Crippen LogP contribution in [0.25, 0.3) is 0 Å². The summed E-state index contributed by atoms with van der Waals surface area (Å²) in [6.07, 6.45) is 3.66. The predicted molar refractivity (Wildman–Crippen MR) is 99.9 cm³/mol. The number of rotatable bonds is 2. The van der Waals surface area contributed by atoms with Crippen molar-refractivity contribution in [1.29, 1.82) is 0 Å². The maximum Gasteiger partial charge on any atom is 0.0771 e. The first-order chi connectivity index (χ1) is 12.8. The van der Waals surface area contributed by atoms with Gasteiger partial charge in [-0.25, -0.2) is 0 Å². The Morgan fingerprint density at radius 1 is 1.19 bits per heavy atom. The van der Waals surface area contributed by atoms with Crippen LogP contribution in [-0.4, -0.2) is 70.4 Å². The van der Waals surface area contributed by atoms with E-state index in [0.29, 0.717) is 12.3 Å². The standard InChI is InChI=1S/C22H35NO4/c1-4-23-10-20(2)6-5-16(24)22-12-7-11-14(27-3)9-21(26,17(12)18(11)25)13(19(22)23)8-15(20)22/h11-19,24-26H,4-10H2,1-3H3/t11-,12+,13+,14+,15-,16+,17-,18+,19-,20+,21+,22-/m1/s1. The zero-order valence-electron chi connectivity index (χ0n) is 16.8. The molecule has 7 bridgehead atoms. The average Bonchev–Trinajstić information content (AvgIpc) is 3.07. The number of aliphatic hydroxyl groups excluding tert-OH is 2. The van der Waals surface area contributed by atoms with Crippen LogP contribution in [0.4, 0.5) is 0 Å². The highest BCUT2D eigenvalue weighted by atomic mass is 16.5. The zero-order valence-corrected chi connectivity index (χ0v) is 16.8. The Balaban J connectivity index is 1.59. The molecule has 1 spiro atoms.